The van der Waals surface area contributed by atoms with Crippen molar-refractivity contribution < 1.29 is 27.5 Å². The summed E-state index contributed by atoms with van der Waals surface area (Å²) in [6.45, 7) is 14.8. The van der Waals surface area contributed by atoms with Crippen LogP contribution in [0.25, 0.3) is 0 Å². The van der Waals surface area contributed by atoms with E-state index in [9.17, 15) is 18.0 Å². The Morgan fingerprint density at radius 3 is 1.69 bits per heavy atom. The van der Waals surface area contributed by atoms with Gasteiger partial charge in [0.2, 0.25) is 0 Å². The van der Waals surface area contributed by atoms with Gasteiger partial charge in [-0.25, -0.2) is 13.2 Å². The van der Waals surface area contributed by atoms with E-state index in [1.54, 1.807) is 26.8 Å². The Morgan fingerprint density at radius 1 is 0.778 bits per heavy atom. The fourth-order valence-corrected chi connectivity index (χ4v) is 9.32. The van der Waals surface area contributed by atoms with Gasteiger partial charge < -0.3 is 15.2 Å². The van der Waals surface area contributed by atoms with Crippen molar-refractivity contribution in [3.8, 4) is 0 Å². The number of carbonyl (C=O) groups is 2. The molecule has 1 heterocycles. The van der Waals surface area contributed by atoms with Crippen molar-refractivity contribution in [2.75, 3.05) is 0 Å². The van der Waals surface area contributed by atoms with Crippen LogP contribution in [-0.4, -0.2) is 42.6 Å². The second kappa shape index (κ2) is 12.6. The lowest BCUT2D eigenvalue weighted by atomic mass is 10.1. The molecule has 0 radical (unpaired) electrons. The molecule has 244 valence electrons. The summed E-state index contributed by atoms with van der Waals surface area (Å²) in [4.78, 5) is 25.3. The highest BCUT2D eigenvalue weighted by molar-refractivity contribution is 9.11. The first-order chi connectivity index (χ1) is 20.7. The van der Waals surface area contributed by atoms with Crippen molar-refractivity contribution in [1.29, 1.82) is 0 Å². The molecule has 0 aliphatic heterocycles. The highest BCUT2D eigenvalue weighted by Gasteiger charge is 2.71. The number of hydrogen-bond acceptors (Lipinski definition) is 8. The average molecular weight is 720 g/mol. The van der Waals surface area contributed by atoms with Gasteiger partial charge in [0.1, 0.15) is 26.5 Å². The summed E-state index contributed by atoms with van der Waals surface area (Å²) in [5.41, 5.74) is 4.87. The van der Waals surface area contributed by atoms with Crippen LogP contribution in [0.4, 0.5) is 0 Å². The van der Waals surface area contributed by atoms with Gasteiger partial charge in [-0.3, -0.25) is 4.79 Å². The molecule has 6 atom stereocenters. The first kappa shape index (κ1) is 35.3. The Bertz CT molecular complexity index is 1630. The molecule has 3 aromatic rings. The van der Waals surface area contributed by atoms with Gasteiger partial charge in [0.15, 0.2) is 0 Å². The lowest BCUT2D eigenvalue weighted by molar-refractivity contribution is -0.159. The monoisotopic (exact) mass is 718 g/mol. The minimum Gasteiger partial charge on any atom is -0.459 e. The number of thiophene rings is 1. The summed E-state index contributed by atoms with van der Waals surface area (Å²) in [6.07, 6.45) is 0. The normalized spacial score (nSPS) is 27.5. The maximum Gasteiger partial charge on any atom is 0.328 e. The van der Waals surface area contributed by atoms with Crippen molar-refractivity contribution in [3.05, 3.63) is 87.7 Å². The topological polar surface area (TPSA) is 125 Å². The summed E-state index contributed by atoms with van der Waals surface area (Å²) in [5, 5.41) is 0. The Hall–Kier alpha value is -2.57. The van der Waals surface area contributed by atoms with Crippen molar-refractivity contribution in [2.24, 2.45) is 17.6 Å². The van der Waals surface area contributed by atoms with Gasteiger partial charge in [-0.1, -0.05) is 74.5 Å². The van der Waals surface area contributed by atoms with E-state index in [0.29, 0.717) is 3.79 Å². The highest BCUT2D eigenvalue weighted by atomic mass is 79.9. The molecule has 2 unspecified atom stereocenters. The van der Waals surface area contributed by atoms with Crippen LogP contribution in [0.1, 0.15) is 78.4 Å². The number of hydrogen-bond donors (Lipinski definition) is 2. The molecule has 8 nitrogen and oxygen atoms in total. The van der Waals surface area contributed by atoms with E-state index in [2.05, 4.69) is 20.7 Å². The molecule has 2 fully saturated rings. The fourth-order valence-electron chi connectivity index (χ4n) is 5.85. The van der Waals surface area contributed by atoms with Gasteiger partial charge in [0, 0.05) is 11.8 Å². The van der Waals surface area contributed by atoms with Crippen molar-refractivity contribution in [3.63, 3.8) is 0 Å². The third-order valence-corrected chi connectivity index (χ3v) is 11.8. The van der Waals surface area contributed by atoms with E-state index < -0.39 is 38.3 Å². The predicted octanol–water partition coefficient (Wildman–Crippen LogP) is 6.76. The SMILES string of the molecule is CC1[C@H](c2ccccc2)[C@]1(N)C(=O)OC(C)(C)C.CC1[C@H](c2ccccc2)[C@]1(NS(=O)(=O)c1ccc(Br)s1)C(=O)OC(C)(C)C. The molecule has 2 aromatic carbocycles. The molecule has 3 N–H and O–H groups in total. The van der Waals surface area contributed by atoms with E-state index >= 15 is 0 Å². The number of nitrogens with two attached hydrogens (primary N) is 1. The number of esters is 2. The van der Waals surface area contributed by atoms with E-state index in [0.717, 1.165) is 22.5 Å². The number of ether oxygens (including phenoxy) is 2. The van der Waals surface area contributed by atoms with Crippen LogP contribution in [0.2, 0.25) is 0 Å². The van der Waals surface area contributed by atoms with Crippen molar-refractivity contribution in [2.45, 2.75) is 93.7 Å². The lowest BCUT2D eigenvalue weighted by Crippen LogP contribution is -2.48. The highest BCUT2D eigenvalue weighted by Crippen LogP contribution is 2.59. The zero-order valence-corrected chi connectivity index (χ0v) is 30.2. The molecule has 0 bridgehead atoms. The third-order valence-electron chi connectivity index (χ3n) is 8.18. The number of carbonyl (C=O) groups excluding carboxylic acids is 2. The van der Waals surface area contributed by atoms with Crippen LogP contribution in [0, 0.1) is 11.8 Å². The first-order valence-corrected chi connectivity index (χ1v) is 18.0. The summed E-state index contributed by atoms with van der Waals surface area (Å²) in [5.74, 6) is -1.17. The summed E-state index contributed by atoms with van der Waals surface area (Å²) >= 11 is 4.38. The van der Waals surface area contributed by atoms with Crippen LogP contribution >= 0.6 is 27.3 Å². The molecule has 0 amide bonds. The number of sulfonamides is 1. The standard InChI is InChI=1S/C19H22BrNO4S2.C15H21NO2/c1-12-16(13-8-6-5-7-9-13)19(12,17(22)25-18(2,3)4)21-27(23,24)15-11-10-14(20)26-15;1-10-12(11-8-6-5-7-9-11)15(10,16)13(17)18-14(2,3)4/h5-12,16,21H,1-4H3;5-10,12H,16H2,1-4H3/t12?,16-,19+;10?,12-,15+/m11/s1. The van der Waals surface area contributed by atoms with Gasteiger partial charge in [0.25, 0.3) is 10.0 Å². The Kier molecular flexibility index (Phi) is 9.85. The Balaban J connectivity index is 0.000000222. The van der Waals surface area contributed by atoms with E-state index in [4.69, 9.17) is 15.2 Å². The summed E-state index contributed by atoms with van der Waals surface area (Å²) in [7, 11) is -3.87. The van der Waals surface area contributed by atoms with Crippen LogP contribution in [0.15, 0.2) is 80.8 Å². The second-order valence-electron chi connectivity index (χ2n) is 13.8. The third kappa shape index (κ3) is 7.54. The molecule has 2 saturated carbocycles. The number of benzene rings is 2. The average Bonchev–Trinajstić information content (AvgIpc) is 3.59. The predicted molar refractivity (Wildman–Crippen MR) is 180 cm³/mol. The molecule has 0 spiro atoms. The minimum atomic E-state index is -3.87. The quantitative estimate of drug-likeness (QED) is 0.259. The van der Waals surface area contributed by atoms with Gasteiger partial charge in [-0.2, -0.15) is 4.72 Å². The van der Waals surface area contributed by atoms with Crippen molar-refractivity contribution >= 4 is 49.2 Å². The molecule has 45 heavy (non-hydrogen) atoms. The van der Waals surface area contributed by atoms with Crippen LogP contribution in [-0.2, 0) is 29.1 Å². The number of nitrogens with one attached hydrogen (secondary N) is 1. The largest absolute Gasteiger partial charge is 0.459 e. The molecule has 11 heteroatoms. The lowest BCUT2D eigenvalue weighted by Gasteiger charge is -2.25. The molecule has 2 aliphatic rings. The van der Waals surface area contributed by atoms with Crippen LogP contribution < -0.4 is 10.5 Å². The summed E-state index contributed by atoms with van der Waals surface area (Å²) in [6, 6.07) is 22.6. The van der Waals surface area contributed by atoms with Crippen LogP contribution in [0.5, 0.6) is 0 Å². The first-order valence-electron chi connectivity index (χ1n) is 14.9. The molecular weight excluding hydrogens is 676 g/mol. The van der Waals surface area contributed by atoms with Crippen LogP contribution in [0.3, 0.4) is 0 Å². The molecule has 2 aliphatic carbocycles. The molecule has 5 rings (SSSR count). The smallest absolute Gasteiger partial charge is 0.328 e. The maximum atomic E-state index is 13.1. The number of rotatable bonds is 7. The Labute approximate surface area is 279 Å². The zero-order chi connectivity index (χ0) is 33.6. The number of halogens is 1. The Morgan fingerprint density at radius 2 is 1.24 bits per heavy atom. The van der Waals surface area contributed by atoms with Gasteiger partial charge in [0.05, 0.1) is 3.79 Å². The fraction of sp³-hybridized carbons (Fsp3) is 0.471. The zero-order valence-electron chi connectivity index (χ0n) is 27.0. The summed E-state index contributed by atoms with van der Waals surface area (Å²) < 4.78 is 40.5. The maximum absolute atomic E-state index is 13.1. The van der Waals surface area contributed by atoms with E-state index in [-0.39, 0.29) is 33.9 Å². The van der Waals surface area contributed by atoms with Crippen molar-refractivity contribution in [1.82, 2.24) is 4.72 Å². The van der Waals surface area contributed by atoms with Gasteiger partial charge in [-0.05, 0) is 92.6 Å². The minimum absolute atomic E-state index is 0.0635. The van der Waals surface area contributed by atoms with Gasteiger partial charge >= 0.3 is 11.9 Å². The van der Waals surface area contributed by atoms with E-state index in [1.165, 1.54) is 6.07 Å². The molecular formula is C34H43BrN2O6S2. The van der Waals surface area contributed by atoms with Gasteiger partial charge in [-0.15, -0.1) is 11.3 Å². The van der Waals surface area contributed by atoms with E-state index in [1.807, 2.05) is 95.3 Å². The second-order valence-corrected chi connectivity index (χ2v) is 18.2. The molecule has 1 aromatic heterocycles. The molecule has 0 saturated heterocycles.